The van der Waals surface area contributed by atoms with Gasteiger partial charge in [-0.05, 0) is 26.7 Å². The van der Waals surface area contributed by atoms with Crippen LogP contribution in [0.2, 0.25) is 0 Å². The van der Waals surface area contributed by atoms with Gasteiger partial charge < -0.3 is 5.11 Å². The van der Waals surface area contributed by atoms with Crippen molar-refractivity contribution < 1.29 is 14.7 Å². The third-order valence-electron chi connectivity index (χ3n) is 4.28. The molecular formula is C13H24O3. The van der Waals surface area contributed by atoms with Crippen molar-refractivity contribution in [3.63, 3.8) is 0 Å². The molecule has 0 spiro atoms. The zero-order valence-electron chi connectivity index (χ0n) is 11.3. The fourth-order valence-electron chi connectivity index (χ4n) is 1.97. The first-order valence-corrected chi connectivity index (χ1v) is 5.87. The Hall–Kier alpha value is -0.700. The Morgan fingerprint density at radius 1 is 1.00 bits per heavy atom. The maximum Gasteiger partial charge on any atom is 0.138 e. The number of carbonyl (C=O) groups is 2. The molecule has 0 aromatic heterocycles. The maximum atomic E-state index is 11.7. The van der Waals surface area contributed by atoms with Gasteiger partial charge in [0.05, 0.1) is 16.9 Å². The van der Waals surface area contributed by atoms with E-state index in [0.29, 0.717) is 12.8 Å². The fraction of sp³-hybridized carbons (Fsp3) is 0.846. The van der Waals surface area contributed by atoms with Crippen LogP contribution in [0.4, 0.5) is 0 Å². The van der Waals surface area contributed by atoms with E-state index in [1.54, 1.807) is 13.8 Å². The highest BCUT2D eigenvalue weighted by atomic mass is 16.3. The lowest BCUT2D eigenvalue weighted by atomic mass is 9.64. The third kappa shape index (κ3) is 2.34. The normalized spacial score (nSPS) is 20.7. The molecule has 0 saturated heterocycles. The van der Waals surface area contributed by atoms with Gasteiger partial charge in [0.2, 0.25) is 0 Å². The van der Waals surface area contributed by atoms with Crippen LogP contribution in [0.3, 0.4) is 0 Å². The molecule has 0 aromatic rings. The van der Waals surface area contributed by atoms with Crippen LogP contribution < -0.4 is 0 Å². The van der Waals surface area contributed by atoms with Crippen molar-refractivity contribution in [2.75, 3.05) is 0 Å². The molecule has 1 N–H and O–H groups in total. The fourth-order valence-corrected chi connectivity index (χ4v) is 1.97. The van der Waals surface area contributed by atoms with Crippen molar-refractivity contribution in [3.05, 3.63) is 0 Å². The Morgan fingerprint density at radius 2 is 1.25 bits per heavy atom. The van der Waals surface area contributed by atoms with Gasteiger partial charge in [-0.2, -0.15) is 0 Å². The molecule has 0 saturated carbocycles. The lowest BCUT2D eigenvalue weighted by molar-refractivity contribution is -0.149. The van der Waals surface area contributed by atoms with Crippen molar-refractivity contribution in [3.8, 4) is 0 Å². The summed E-state index contributed by atoms with van der Waals surface area (Å²) in [7, 11) is 0. The summed E-state index contributed by atoms with van der Waals surface area (Å²) in [5.74, 6) is -0.133. The van der Waals surface area contributed by atoms with Crippen LogP contribution in [-0.2, 0) is 9.59 Å². The third-order valence-corrected chi connectivity index (χ3v) is 4.28. The first kappa shape index (κ1) is 15.3. The number of hydrogen-bond acceptors (Lipinski definition) is 3. The summed E-state index contributed by atoms with van der Waals surface area (Å²) in [6.07, 6.45) is 0.142. The zero-order valence-corrected chi connectivity index (χ0v) is 11.3. The highest BCUT2D eigenvalue weighted by Gasteiger charge is 2.48. The molecule has 0 aliphatic rings. The second kappa shape index (κ2) is 5.09. The van der Waals surface area contributed by atoms with E-state index >= 15 is 0 Å². The highest BCUT2D eigenvalue weighted by Crippen LogP contribution is 2.40. The first-order valence-electron chi connectivity index (χ1n) is 5.87. The van der Waals surface area contributed by atoms with E-state index in [0.717, 1.165) is 0 Å². The molecule has 0 rings (SSSR count). The second-order valence-electron chi connectivity index (χ2n) is 5.06. The SMILES string of the molecule is CCC(C)(C(C)=O)C(O)C(C)(CC)C(C)=O. The quantitative estimate of drug-likeness (QED) is 0.759. The van der Waals surface area contributed by atoms with Crippen molar-refractivity contribution in [2.24, 2.45) is 10.8 Å². The summed E-state index contributed by atoms with van der Waals surface area (Å²) < 4.78 is 0. The topological polar surface area (TPSA) is 54.4 Å². The first-order chi connectivity index (χ1) is 7.16. The Bertz CT molecular complexity index is 257. The Morgan fingerprint density at radius 3 is 1.38 bits per heavy atom. The van der Waals surface area contributed by atoms with Gasteiger partial charge in [0, 0.05) is 0 Å². The molecule has 0 aliphatic carbocycles. The minimum Gasteiger partial charge on any atom is -0.391 e. The number of aliphatic hydroxyl groups is 1. The zero-order chi connectivity index (χ0) is 13.1. The van der Waals surface area contributed by atoms with Gasteiger partial charge in [-0.15, -0.1) is 0 Å². The lowest BCUT2D eigenvalue weighted by Gasteiger charge is -2.41. The Labute approximate surface area is 98.2 Å². The van der Waals surface area contributed by atoms with Gasteiger partial charge in [-0.3, -0.25) is 9.59 Å². The Kier molecular flexibility index (Phi) is 4.86. The molecule has 2 unspecified atom stereocenters. The van der Waals surface area contributed by atoms with Gasteiger partial charge >= 0.3 is 0 Å². The maximum absolute atomic E-state index is 11.7. The smallest absolute Gasteiger partial charge is 0.138 e. The van der Waals surface area contributed by atoms with Crippen molar-refractivity contribution in [1.29, 1.82) is 0 Å². The van der Waals surface area contributed by atoms with Crippen molar-refractivity contribution >= 4 is 11.6 Å². The van der Waals surface area contributed by atoms with Crippen LogP contribution >= 0.6 is 0 Å². The molecule has 0 heterocycles. The number of aliphatic hydroxyl groups excluding tert-OH is 1. The molecule has 16 heavy (non-hydrogen) atoms. The molecule has 3 nitrogen and oxygen atoms in total. The van der Waals surface area contributed by atoms with Crippen LogP contribution in [0.15, 0.2) is 0 Å². The highest BCUT2D eigenvalue weighted by molar-refractivity contribution is 5.87. The van der Waals surface area contributed by atoms with Crippen molar-refractivity contribution in [2.45, 2.75) is 60.5 Å². The molecule has 0 radical (unpaired) electrons. The molecular weight excluding hydrogens is 204 g/mol. The molecule has 0 aliphatic heterocycles. The van der Waals surface area contributed by atoms with E-state index in [2.05, 4.69) is 0 Å². The van der Waals surface area contributed by atoms with Crippen LogP contribution in [0, 0.1) is 10.8 Å². The number of rotatable bonds is 6. The predicted octanol–water partition coefficient (Wildman–Crippen LogP) is 2.36. The van der Waals surface area contributed by atoms with E-state index < -0.39 is 16.9 Å². The van der Waals surface area contributed by atoms with E-state index in [1.807, 2.05) is 13.8 Å². The standard InChI is InChI=1S/C13H24O3/c1-7-12(5,9(3)14)11(16)13(6,8-2)10(4)15/h11,16H,7-8H2,1-6H3. The minimum absolute atomic E-state index is 0.0663. The average Bonchev–Trinajstić information content (AvgIpc) is 2.25. The van der Waals surface area contributed by atoms with E-state index in [9.17, 15) is 14.7 Å². The molecule has 94 valence electrons. The van der Waals surface area contributed by atoms with Gasteiger partial charge in [0.1, 0.15) is 11.6 Å². The minimum atomic E-state index is -0.926. The van der Waals surface area contributed by atoms with Gasteiger partial charge in [0.25, 0.3) is 0 Å². The summed E-state index contributed by atoms with van der Waals surface area (Å²) in [4.78, 5) is 23.3. The predicted molar refractivity (Wildman–Crippen MR) is 64.2 cm³/mol. The number of ketones is 2. The average molecular weight is 228 g/mol. The van der Waals surface area contributed by atoms with Crippen LogP contribution in [0.25, 0.3) is 0 Å². The van der Waals surface area contributed by atoms with Gasteiger partial charge in [-0.25, -0.2) is 0 Å². The summed E-state index contributed by atoms with van der Waals surface area (Å²) in [6, 6.07) is 0. The Balaban J connectivity index is 5.38. The molecule has 3 heteroatoms. The molecule has 2 atom stereocenters. The monoisotopic (exact) mass is 228 g/mol. The van der Waals surface area contributed by atoms with E-state index in [1.165, 1.54) is 13.8 Å². The van der Waals surface area contributed by atoms with Crippen LogP contribution in [-0.4, -0.2) is 22.8 Å². The van der Waals surface area contributed by atoms with Crippen LogP contribution in [0.1, 0.15) is 54.4 Å². The summed E-state index contributed by atoms with van der Waals surface area (Å²) in [5.41, 5.74) is -1.67. The lowest BCUT2D eigenvalue weighted by Crippen LogP contribution is -2.51. The summed E-state index contributed by atoms with van der Waals surface area (Å²) in [6.45, 7) is 10.1. The summed E-state index contributed by atoms with van der Waals surface area (Å²) >= 11 is 0. The second-order valence-corrected chi connectivity index (χ2v) is 5.06. The van der Waals surface area contributed by atoms with Crippen LogP contribution in [0.5, 0.6) is 0 Å². The molecule has 0 amide bonds. The van der Waals surface area contributed by atoms with Gasteiger partial charge in [0.15, 0.2) is 0 Å². The van der Waals surface area contributed by atoms with Crippen molar-refractivity contribution in [1.82, 2.24) is 0 Å². The van der Waals surface area contributed by atoms with E-state index in [4.69, 9.17) is 0 Å². The number of hydrogen-bond donors (Lipinski definition) is 1. The molecule has 0 fully saturated rings. The van der Waals surface area contributed by atoms with E-state index in [-0.39, 0.29) is 11.6 Å². The van der Waals surface area contributed by atoms with Gasteiger partial charge in [-0.1, -0.05) is 27.7 Å². The summed E-state index contributed by atoms with van der Waals surface area (Å²) in [5, 5.41) is 10.4. The molecule has 0 aromatic carbocycles. The number of Topliss-reactive ketones (excluding diaryl/α,β-unsaturated/α-hetero) is 2. The largest absolute Gasteiger partial charge is 0.391 e. The molecule has 0 bridgehead atoms. The number of carbonyl (C=O) groups excluding carboxylic acids is 2.